The number of hydrogen-bond donors (Lipinski definition) is 2. The molecule has 1 aliphatic rings. The molecular weight excluding hydrogens is 274 g/mol. The van der Waals surface area contributed by atoms with Gasteiger partial charge in [-0.3, -0.25) is 4.79 Å². The number of nitrogens with one attached hydrogen (secondary N) is 1. The van der Waals surface area contributed by atoms with Crippen molar-refractivity contribution < 1.29 is 4.79 Å². The third kappa shape index (κ3) is 2.80. The number of carbonyl (C=O) groups is 1. The maximum absolute atomic E-state index is 12.2. The summed E-state index contributed by atoms with van der Waals surface area (Å²) in [6.07, 6.45) is 4.08. The summed E-state index contributed by atoms with van der Waals surface area (Å²) in [5.41, 5.74) is 8.08. The molecule has 104 valence electrons. The summed E-state index contributed by atoms with van der Waals surface area (Å²) in [6.45, 7) is 0.478. The molecule has 0 aliphatic heterocycles. The number of benzene rings is 1. The minimum absolute atomic E-state index is 0.0939. The van der Waals surface area contributed by atoms with E-state index in [-0.39, 0.29) is 5.91 Å². The fraction of sp³-hybridized carbons (Fsp3) is 0.267. The fourth-order valence-corrected chi connectivity index (χ4v) is 2.34. The summed E-state index contributed by atoms with van der Waals surface area (Å²) in [4.78, 5) is 12.2. The molecule has 2 aromatic rings. The van der Waals surface area contributed by atoms with Gasteiger partial charge in [0.1, 0.15) is 5.69 Å². The quantitative estimate of drug-likeness (QED) is 0.909. The van der Waals surface area contributed by atoms with Crippen LogP contribution < -0.4 is 11.1 Å². The molecule has 3 rings (SSSR count). The largest absolute Gasteiger partial charge is 0.397 e. The van der Waals surface area contributed by atoms with Crippen molar-refractivity contribution in [3.63, 3.8) is 0 Å². The molecule has 3 N–H and O–H groups in total. The summed E-state index contributed by atoms with van der Waals surface area (Å²) >= 11 is 5.83. The third-order valence-electron chi connectivity index (χ3n) is 3.41. The van der Waals surface area contributed by atoms with Crippen molar-refractivity contribution >= 4 is 23.2 Å². The summed E-state index contributed by atoms with van der Waals surface area (Å²) in [6, 6.07) is 9.59. The SMILES string of the molecule is Nc1cc(C(=O)NCc2ccc(Cl)cc2)n(C2CC2)c1. The first kappa shape index (κ1) is 13.1. The van der Waals surface area contributed by atoms with Crippen molar-refractivity contribution in [2.45, 2.75) is 25.4 Å². The maximum Gasteiger partial charge on any atom is 0.268 e. The van der Waals surface area contributed by atoms with Gasteiger partial charge in [-0.2, -0.15) is 0 Å². The molecule has 1 saturated carbocycles. The van der Waals surface area contributed by atoms with Crippen LogP contribution in [0.15, 0.2) is 36.5 Å². The molecule has 1 aromatic heterocycles. The van der Waals surface area contributed by atoms with Gasteiger partial charge in [0.05, 0.1) is 5.69 Å². The number of rotatable bonds is 4. The molecule has 1 aliphatic carbocycles. The second kappa shape index (κ2) is 5.21. The van der Waals surface area contributed by atoms with Crippen LogP contribution in [0.1, 0.15) is 34.9 Å². The Hall–Kier alpha value is -1.94. The van der Waals surface area contributed by atoms with Crippen molar-refractivity contribution in [3.05, 3.63) is 52.8 Å². The fourth-order valence-electron chi connectivity index (χ4n) is 2.21. The monoisotopic (exact) mass is 289 g/mol. The number of aromatic nitrogens is 1. The average molecular weight is 290 g/mol. The molecule has 1 amide bonds. The van der Waals surface area contributed by atoms with Gasteiger partial charge in [-0.1, -0.05) is 23.7 Å². The Kier molecular flexibility index (Phi) is 3.40. The molecule has 0 bridgehead atoms. The van der Waals surface area contributed by atoms with Crippen LogP contribution in [0.2, 0.25) is 5.02 Å². The summed E-state index contributed by atoms with van der Waals surface area (Å²) in [7, 11) is 0. The van der Waals surface area contributed by atoms with Crippen LogP contribution in [0.5, 0.6) is 0 Å². The lowest BCUT2D eigenvalue weighted by atomic mass is 10.2. The Morgan fingerprint density at radius 2 is 2.05 bits per heavy atom. The highest BCUT2D eigenvalue weighted by molar-refractivity contribution is 6.30. The molecule has 0 spiro atoms. The number of halogens is 1. The average Bonchev–Trinajstić information content (AvgIpc) is 3.20. The van der Waals surface area contributed by atoms with E-state index in [1.165, 1.54) is 0 Å². The minimum atomic E-state index is -0.0939. The first-order valence-corrected chi connectivity index (χ1v) is 7.01. The van der Waals surface area contributed by atoms with Crippen LogP contribution in [0.4, 0.5) is 5.69 Å². The van der Waals surface area contributed by atoms with E-state index in [0.717, 1.165) is 18.4 Å². The molecular formula is C15H16ClN3O. The topological polar surface area (TPSA) is 60.1 Å². The Labute approximate surface area is 122 Å². The highest BCUT2D eigenvalue weighted by atomic mass is 35.5. The van der Waals surface area contributed by atoms with E-state index in [0.29, 0.717) is 29.0 Å². The minimum Gasteiger partial charge on any atom is -0.397 e. The lowest BCUT2D eigenvalue weighted by Gasteiger charge is -2.08. The highest BCUT2D eigenvalue weighted by Crippen LogP contribution is 2.37. The molecule has 0 atom stereocenters. The van der Waals surface area contributed by atoms with E-state index in [1.54, 1.807) is 6.07 Å². The van der Waals surface area contributed by atoms with Crippen molar-refractivity contribution in [3.8, 4) is 0 Å². The Balaban J connectivity index is 1.68. The molecule has 20 heavy (non-hydrogen) atoms. The number of anilines is 1. The molecule has 0 radical (unpaired) electrons. The molecule has 1 fully saturated rings. The zero-order chi connectivity index (χ0) is 14.1. The molecule has 0 saturated heterocycles. The van der Waals surface area contributed by atoms with E-state index in [1.807, 2.05) is 35.0 Å². The predicted octanol–water partition coefficient (Wildman–Crippen LogP) is 2.99. The van der Waals surface area contributed by atoms with Crippen molar-refractivity contribution in [2.24, 2.45) is 0 Å². The number of hydrogen-bond acceptors (Lipinski definition) is 2. The van der Waals surface area contributed by atoms with Gasteiger partial charge in [0.2, 0.25) is 0 Å². The molecule has 1 heterocycles. The lowest BCUT2D eigenvalue weighted by Crippen LogP contribution is -2.25. The van der Waals surface area contributed by atoms with Gasteiger partial charge in [-0.25, -0.2) is 0 Å². The van der Waals surface area contributed by atoms with Gasteiger partial charge in [0.25, 0.3) is 5.91 Å². The highest BCUT2D eigenvalue weighted by Gasteiger charge is 2.27. The van der Waals surface area contributed by atoms with E-state index >= 15 is 0 Å². The van der Waals surface area contributed by atoms with E-state index in [9.17, 15) is 4.79 Å². The molecule has 0 unspecified atom stereocenters. The standard InChI is InChI=1S/C15H16ClN3O/c16-11-3-1-10(2-4-11)8-18-15(20)14-7-12(17)9-19(14)13-5-6-13/h1-4,7,9,13H,5-6,8,17H2,(H,18,20). The third-order valence-corrected chi connectivity index (χ3v) is 3.66. The van der Waals surface area contributed by atoms with Gasteiger partial charge < -0.3 is 15.6 Å². The van der Waals surface area contributed by atoms with Crippen molar-refractivity contribution in [1.29, 1.82) is 0 Å². The van der Waals surface area contributed by atoms with Gasteiger partial charge in [0, 0.05) is 23.8 Å². The first-order chi connectivity index (χ1) is 9.63. The Bertz CT molecular complexity index is 629. The van der Waals surface area contributed by atoms with Crippen LogP contribution in [0, 0.1) is 0 Å². The number of nitrogens with two attached hydrogens (primary N) is 1. The van der Waals surface area contributed by atoms with Gasteiger partial charge in [-0.15, -0.1) is 0 Å². The van der Waals surface area contributed by atoms with Crippen LogP contribution in [-0.4, -0.2) is 10.5 Å². The number of amides is 1. The van der Waals surface area contributed by atoms with Crippen molar-refractivity contribution in [2.75, 3.05) is 5.73 Å². The van der Waals surface area contributed by atoms with E-state index in [4.69, 9.17) is 17.3 Å². The van der Waals surface area contributed by atoms with Gasteiger partial charge in [-0.05, 0) is 36.6 Å². The van der Waals surface area contributed by atoms with Gasteiger partial charge >= 0.3 is 0 Å². The summed E-state index contributed by atoms with van der Waals surface area (Å²) in [5.74, 6) is -0.0939. The molecule has 5 heteroatoms. The Morgan fingerprint density at radius 1 is 1.35 bits per heavy atom. The first-order valence-electron chi connectivity index (χ1n) is 6.63. The van der Waals surface area contributed by atoms with Crippen molar-refractivity contribution in [1.82, 2.24) is 9.88 Å². The normalized spacial score (nSPS) is 14.2. The lowest BCUT2D eigenvalue weighted by molar-refractivity contribution is 0.0941. The summed E-state index contributed by atoms with van der Waals surface area (Å²) in [5, 5.41) is 3.60. The number of nitrogens with zero attached hydrogens (tertiary/aromatic N) is 1. The zero-order valence-electron chi connectivity index (χ0n) is 11.0. The maximum atomic E-state index is 12.2. The Morgan fingerprint density at radius 3 is 2.70 bits per heavy atom. The van der Waals surface area contributed by atoms with Gasteiger partial charge in [0.15, 0.2) is 0 Å². The predicted molar refractivity (Wildman–Crippen MR) is 79.7 cm³/mol. The number of carbonyl (C=O) groups excluding carboxylic acids is 1. The number of nitrogen functional groups attached to an aromatic ring is 1. The van der Waals surface area contributed by atoms with Crippen LogP contribution in [0.25, 0.3) is 0 Å². The van der Waals surface area contributed by atoms with Crippen LogP contribution >= 0.6 is 11.6 Å². The molecule has 4 nitrogen and oxygen atoms in total. The van der Waals surface area contributed by atoms with E-state index in [2.05, 4.69) is 5.32 Å². The molecule has 1 aromatic carbocycles. The summed E-state index contributed by atoms with van der Waals surface area (Å²) < 4.78 is 1.98. The zero-order valence-corrected chi connectivity index (χ0v) is 11.7. The van der Waals surface area contributed by atoms with E-state index < -0.39 is 0 Å². The van der Waals surface area contributed by atoms with Crippen LogP contribution in [0.3, 0.4) is 0 Å². The second-order valence-electron chi connectivity index (χ2n) is 5.11. The smallest absolute Gasteiger partial charge is 0.268 e. The van der Waals surface area contributed by atoms with Crippen LogP contribution in [-0.2, 0) is 6.54 Å². The second-order valence-corrected chi connectivity index (χ2v) is 5.54.